The molecule has 1 aromatic heterocycles. The zero-order valence-corrected chi connectivity index (χ0v) is 19.9. The molecule has 4 fully saturated rings. The van der Waals surface area contributed by atoms with Crippen LogP contribution in [0.4, 0.5) is 18.9 Å². The van der Waals surface area contributed by atoms with E-state index in [1.54, 1.807) is 0 Å². The first-order valence-corrected chi connectivity index (χ1v) is 12.6. The van der Waals surface area contributed by atoms with E-state index >= 15 is 0 Å². The maximum atomic E-state index is 12.9. The van der Waals surface area contributed by atoms with Gasteiger partial charge in [-0.05, 0) is 79.9 Å². The molecule has 0 atom stereocenters. The van der Waals surface area contributed by atoms with Gasteiger partial charge in [0.25, 0.3) is 0 Å². The lowest BCUT2D eigenvalue weighted by atomic mass is 9.49. The lowest BCUT2D eigenvalue weighted by Gasteiger charge is -2.56. The first kappa shape index (κ1) is 23.0. The van der Waals surface area contributed by atoms with E-state index in [0.29, 0.717) is 10.6 Å². The molecular weight excluding hydrogens is 473 g/mol. The molecule has 10 heteroatoms. The number of benzene rings is 1. The van der Waals surface area contributed by atoms with Crippen LogP contribution in [-0.2, 0) is 24.4 Å². The van der Waals surface area contributed by atoms with Gasteiger partial charge in [-0.1, -0.05) is 23.4 Å². The summed E-state index contributed by atoms with van der Waals surface area (Å²) in [7, 11) is 1.92. The minimum Gasteiger partial charge on any atom is -0.324 e. The van der Waals surface area contributed by atoms with Crippen molar-refractivity contribution in [2.45, 2.75) is 56.3 Å². The number of aromatic nitrogens is 3. The number of nitrogens with one attached hydrogen (secondary N) is 1. The molecule has 4 bridgehead atoms. The predicted octanol–water partition coefficient (Wildman–Crippen LogP) is 5.98. The van der Waals surface area contributed by atoms with Crippen molar-refractivity contribution in [1.82, 2.24) is 14.8 Å². The van der Waals surface area contributed by atoms with Gasteiger partial charge in [-0.3, -0.25) is 4.79 Å². The molecule has 0 radical (unpaired) electrons. The number of thioether (sulfide) groups is 1. The van der Waals surface area contributed by atoms with Gasteiger partial charge < -0.3 is 9.88 Å². The molecule has 178 valence electrons. The van der Waals surface area contributed by atoms with Crippen LogP contribution in [0.3, 0.4) is 0 Å². The highest BCUT2D eigenvalue weighted by molar-refractivity contribution is 7.99. The Morgan fingerprint density at radius 3 is 2.42 bits per heavy atom. The second-order valence-corrected chi connectivity index (χ2v) is 11.4. The third kappa shape index (κ3) is 4.76. The van der Waals surface area contributed by atoms with Crippen LogP contribution >= 0.6 is 23.4 Å². The van der Waals surface area contributed by atoms with E-state index in [2.05, 4.69) is 15.5 Å². The zero-order valence-electron chi connectivity index (χ0n) is 18.3. The van der Waals surface area contributed by atoms with Crippen LogP contribution in [0.2, 0.25) is 5.02 Å². The molecule has 1 N–H and O–H groups in total. The smallest absolute Gasteiger partial charge is 0.324 e. The van der Waals surface area contributed by atoms with Crippen LogP contribution in [-0.4, -0.2) is 26.4 Å². The first-order chi connectivity index (χ1) is 15.6. The Bertz CT molecular complexity index is 1040. The standard InChI is InChI=1S/C23H26ClF3N4OS/c1-31-19(11-22-8-13-4-14(9-22)6-15(5-13)10-22)29-30-21(31)33-12-20(32)28-18-7-16(23(25,26)27)2-3-17(18)24/h2-3,7,13-15H,4-6,8-12H2,1H3,(H,28,32). The average molecular weight is 499 g/mol. The Balaban J connectivity index is 1.21. The normalized spacial score (nSPS) is 28.3. The highest BCUT2D eigenvalue weighted by atomic mass is 35.5. The Labute approximate surface area is 199 Å². The van der Waals surface area contributed by atoms with Gasteiger partial charge in [0.05, 0.1) is 22.0 Å². The van der Waals surface area contributed by atoms with Gasteiger partial charge in [0.15, 0.2) is 5.16 Å². The van der Waals surface area contributed by atoms with E-state index in [-0.39, 0.29) is 16.5 Å². The minimum absolute atomic E-state index is 0.00405. The van der Waals surface area contributed by atoms with Crippen molar-refractivity contribution in [3.63, 3.8) is 0 Å². The summed E-state index contributed by atoms with van der Waals surface area (Å²) in [6.45, 7) is 0. The molecule has 6 rings (SSSR count). The summed E-state index contributed by atoms with van der Waals surface area (Å²) >= 11 is 7.18. The molecule has 33 heavy (non-hydrogen) atoms. The lowest BCUT2D eigenvalue weighted by Crippen LogP contribution is -2.47. The number of halogens is 4. The van der Waals surface area contributed by atoms with Crippen molar-refractivity contribution in [3.05, 3.63) is 34.6 Å². The van der Waals surface area contributed by atoms with E-state index in [9.17, 15) is 18.0 Å². The number of alkyl halides is 3. The molecular formula is C23H26ClF3N4OS. The number of amides is 1. The van der Waals surface area contributed by atoms with Gasteiger partial charge in [-0.15, -0.1) is 10.2 Å². The molecule has 1 heterocycles. The topological polar surface area (TPSA) is 59.8 Å². The maximum Gasteiger partial charge on any atom is 0.416 e. The second kappa shape index (κ2) is 8.48. The summed E-state index contributed by atoms with van der Waals surface area (Å²) in [6, 6.07) is 2.86. The number of nitrogens with zero attached hydrogens (tertiary/aromatic N) is 3. The Morgan fingerprint density at radius 1 is 1.18 bits per heavy atom. The fraction of sp³-hybridized carbons (Fsp3) is 0.609. The number of rotatable bonds is 6. The molecule has 0 unspecified atom stereocenters. The van der Waals surface area contributed by atoms with E-state index in [0.717, 1.165) is 48.2 Å². The first-order valence-electron chi connectivity index (χ1n) is 11.3. The van der Waals surface area contributed by atoms with Crippen LogP contribution in [0, 0.1) is 23.2 Å². The molecule has 4 aliphatic carbocycles. The molecule has 4 saturated carbocycles. The van der Waals surface area contributed by atoms with Crippen molar-refractivity contribution in [3.8, 4) is 0 Å². The average Bonchev–Trinajstić information content (AvgIpc) is 3.05. The van der Waals surface area contributed by atoms with Gasteiger partial charge in [-0.2, -0.15) is 13.2 Å². The Hall–Kier alpha value is -1.74. The number of anilines is 1. The third-order valence-electron chi connectivity index (χ3n) is 7.52. The van der Waals surface area contributed by atoms with Crippen molar-refractivity contribution in [2.24, 2.45) is 30.2 Å². The summed E-state index contributed by atoms with van der Waals surface area (Å²) in [5, 5.41) is 11.9. The SMILES string of the molecule is Cn1c(CC23CC4CC(CC(C4)C2)C3)nnc1SCC(=O)Nc1cc(C(F)(F)F)ccc1Cl. The third-order valence-corrected chi connectivity index (χ3v) is 8.87. The summed E-state index contributed by atoms with van der Waals surface area (Å²) < 4.78 is 40.8. The quantitative estimate of drug-likeness (QED) is 0.498. The lowest BCUT2D eigenvalue weighted by molar-refractivity contribution is -0.137. The van der Waals surface area contributed by atoms with E-state index in [4.69, 9.17) is 11.6 Å². The van der Waals surface area contributed by atoms with Gasteiger partial charge in [0.1, 0.15) is 5.82 Å². The highest BCUT2D eigenvalue weighted by Crippen LogP contribution is 2.61. The van der Waals surface area contributed by atoms with E-state index in [1.165, 1.54) is 50.3 Å². The maximum absolute atomic E-state index is 12.9. The molecule has 5 nitrogen and oxygen atoms in total. The molecule has 0 aliphatic heterocycles. The number of carbonyl (C=O) groups is 1. The van der Waals surface area contributed by atoms with Gasteiger partial charge >= 0.3 is 6.18 Å². The van der Waals surface area contributed by atoms with Crippen LogP contribution in [0.5, 0.6) is 0 Å². The van der Waals surface area contributed by atoms with Crippen LogP contribution in [0.15, 0.2) is 23.4 Å². The fourth-order valence-corrected chi connectivity index (χ4v) is 7.48. The largest absolute Gasteiger partial charge is 0.416 e. The van der Waals surface area contributed by atoms with Crippen LogP contribution < -0.4 is 5.32 Å². The van der Waals surface area contributed by atoms with Crippen molar-refractivity contribution in [2.75, 3.05) is 11.1 Å². The van der Waals surface area contributed by atoms with Crippen molar-refractivity contribution >= 4 is 35.0 Å². The van der Waals surface area contributed by atoms with Crippen molar-refractivity contribution in [1.29, 1.82) is 0 Å². The molecule has 1 amide bonds. The van der Waals surface area contributed by atoms with Crippen LogP contribution in [0.25, 0.3) is 0 Å². The van der Waals surface area contributed by atoms with Gasteiger partial charge in [0, 0.05) is 13.5 Å². The molecule has 4 aliphatic rings. The van der Waals surface area contributed by atoms with E-state index < -0.39 is 17.6 Å². The predicted molar refractivity (Wildman–Crippen MR) is 121 cm³/mol. The summed E-state index contributed by atoms with van der Waals surface area (Å²) in [6.07, 6.45) is 4.45. The van der Waals surface area contributed by atoms with Gasteiger partial charge in [-0.25, -0.2) is 0 Å². The molecule has 0 spiro atoms. The Morgan fingerprint density at radius 2 is 1.82 bits per heavy atom. The Kier molecular flexibility index (Phi) is 5.92. The second-order valence-electron chi connectivity index (χ2n) is 10.1. The number of carbonyl (C=O) groups excluding carboxylic acids is 1. The van der Waals surface area contributed by atoms with Gasteiger partial charge in [0.2, 0.25) is 5.91 Å². The summed E-state index contributed by atoms with van der Waals surface area (Å²) in [5.74, 6) is 3.09. The summed E-state index contributed by atoms with van der Waals surface area (Å²) in [5.41, 5.74) is -0.579. The number of hydrogen-bond acceptors (Lipinski definition) is 4. The minimum atomic E-state index is -4.51. The monoisotopic (exact) mass is 498 g/mol. The fourth-order valence-electron chi connectivity index (χ4n) is 6.58. The van der Waals surface area contributed by atoms with Crippen molar-refractivity contribution < 1.29 is 18.0 Å². The van der Waals surface area contributed by atoms with E-state index in [1.807, 2.05) is 11.6 Å². The molecule has 0 saturated heterocycles. The van der Waals surface area contributed by atoms with Crippen LogP contribution in [0.1, 0.15) is 49.9 Å². The zero-order chi connectivity index (χ0) is 23.4. The number of hydrogen-bond donors (Lipinski definition) is 1. The summed E-state index contributed by atoms with van der Waals surface area (Å²) in [4.78, 5) is 12.4. The molecule has 1 aromatic carbocycles. The highest BCUT2D eigenvalue weighted by Gasteiger charge is 2.51. The molecule has 2 aromatic rings.